The molecular formula is C35H29FN6O6. The van der Waals surface area contributed by atoms with Crippen LogP contribution in [0.2, 0.25) is 0 Å². The van der Waals surface area contributed by atoms with E-state index < -0.39 is 41.4 Å². The molecule has 2 aliphatic heterocycles. The number of aromatic nitrogens is 3. The normalized spacial score (nSPS) is 18.1. The zero-order chi connectivity index (χ0) is 33.2. The molecule has 2 atom stereocenters. The molecule has 0 saturated carbocycles. The van der Waals surface area contributed by atoms with E-state index in [1.807, 2.05) is 6.07 Å². The number of benzene rings is 3. The van der Waals surface area contributed by atoms with Crippen LogP contribution in [0.25, 0.3) is 22.0 Å². The van der Waals surface area contributed by atoms with E-state index in [1.165, 1.54) is 23.2 Å². The summed E-state index contributed by atoms with van der Waals surface area (Å²) in [6.45, 7) is -0.00429. The lowest BCUT2D eigenvalue weighted by Crippen LogP contribution is -2.58. The summed E-state index contributed by atoms with van der Waals surface area (Å²) in [6, 6.07) is 19.0. The van der Waals surface area contributed by atoms with Crippen LogP contribution >= 0.6 is 0 Å². The zero-order valence-corrected chi connectivity index (χ0v) is 25.4. The van der Waals surface area contributed by atoms with Crippen molar-refractivity contribution in [3.05, 3.63) is 118 Å². The Morgan fingerprint density at radius 3 is 2.67 bits per heavy atom. The Hall–Kier alpha value is -6.11. The second-order valence-electron chi connectivity index (χ2n) is 11.6. The van der Waals surface area contributed by atoms with Crippen molar-refractivity contribution in [2.45, 2.75) is 25.1 Å². The molecular weight excluding hydrogens is 619 g/mol. The molecule has 48 heavy (non-hydrogen) atoms. The number of H-pyrrole nitrogens is 1. The van der Waals surface area contributed by atoms with E-state index in [0.29, 0.717) is 33.3 Å². The van der Waals surface area contributed by atoms with Crippen LogP contribution in [0, 0.1) is 5.82 Å². The summed E-state index contributed by atoms with van der Waals surface area (Å²) in [5, 5.41) is 6.22. The SMILES string of the molecule is O=C1COc2cccc(c2)-c2cncc(c2)C(=O)N[C@@H]2CN(C(=O)c3nc(=O)[nH]c4ccccc34)CC[C@@H]2Oc2cc(F)cc(c2)CN1. The standard InChI is InChI=1S/C35H29FN6O6/c36-24-10-20-11-26(14-24)48-30-8-9-42(34(45)32-27-6-1-2-7-28(27)40-35(46)41-32)18-29(30)39-33(44)23-12-22(16-37-17-23)21-4-3-5-25(13-21)47-19-31(43)38-15-20/h1-7,10-14,16-17,29-30H,8-9,15,18-19H2,(H,38,43)(H,39,44)(H,40,41,46)/t29-,30+/m1/s1. The molecule has 3 N–H and O–H groups in total. The van der Waals surface area contributed by atoms with Gasteiger partial charge in [0.15, 0.2) is 6.61 Å². The molecule has 2 aliphatic rings. The summed E-state index contributed by atoms with van der Waals surface area (Å²) < 4.78 is 26.7. The third-order valence-corrected chi connectivity index (χ3v) is 8.24. The summed E-state index contributed by atoms with van der Waals surface area (Å²) in [4.78, 5) is 64.9. The van der Waals surface area contributed by atoms with Gasteiger partial charge >= 0.3 is 5.69 Å². The van der Waals surface area contributed by atoms with E-state index >= 15 is 0 Å². The zero-order valence-electron chi connectivity index (χ0n) is 25.4. The molecule has 12 nitrogen and oxygen atoms in total. The van der Waals surface area contributed by atoms with E-state index in [2.05, 4.69) is 25.6 Å². The van der Waals surface area contributed by atoms with Crippen LogP contribution in [0.5, 0.6) is 11.5 Å². The number of halogens is 1. The van der Waals surface area contributed by atoms with E-state index in [0.717, 1.165) is 0 Å². The van der Waals surface area contributed by atoms with Crippen LogP contribution in [0.1, 0.15) is 32.8 Å². The highest BCUT2D eigenvalue weighted by molar-refractivity contribution is 6.04. The highest BCUT2D eigenvalue weighted by Crippen LogP contribution is 2.27. The highest BCUT2D eigenvalue weighted by Gasteiger charge is 2.36. The molecule has 7 rings (SSSR count). The predicted molar refractivity (Wildman–Crippen MR) is 172 cm³/mol. The Labute approximate surface area is 272 Å². The lowest BCUT2D eigenvalue weighted by atomic mass is 9.99. The van der Waals surface area contributed by atoms with Crippen molar-refractivity contribution < 1.29 is 28.2 Å². The lowest BCUT2D eigenvalue weighted by Gasteiger charge is -2.38. The predicted octanol–water partition coefficient (Wildman–Crippen LogP) is 3.22. The van der Waals surface area contributed by atoms with Gasteiger partial charge in [-0.1, -0.05) is 30.3 Å². The maximum absolute atomic E-state index is 14.7. The molecule has 0 radical (unpaired) electrons. The first-order valence-corrected chi connectivity index (χ1v) is 15.3. The molecule has 3 aromatic carbocycles. The van der Waals surface area contributed by atoms with Crippen LogP contribution in [0.15, 0.2) is 90.0 Å². The van der Waals surface area contributed by atoms with Gasteiger partial charge in [-0.05, 0) is 47.5 Å². The van der Waals surface area contributed by atoms with Gasteiger partial charge < -0.3 is 30.0 Å². The van der Waals surface area contributed by atoms with Crippen LogP contribution < -0.4 is 25.8 Å². The fourth-order valence-corrected chi connectivity index (χ4v) is 5.92. The molecule has 1 fully saturated rings. The number of nitrogens with one attached hydrogen (secondary N) is 3. The maximum Gasteiger partial charge on any atom is 0.346 e. The summed E-state index contributed by atoms with van der Waals surface area (Å²) in [6.07, 6.45) is 2.63. The Balaban J connectivity index is 1.24. The fourth-order valence-electron chi connectivity index (χ4n) is 5.92. The van der Waals surface area contributed by atoms with Crippen molar-refractivity contribution in [2.75, 3.05) is 19.7 Å². The maximum atomic E-state index is 14.7. The molecule has 5 aromatic rings. The Morgan fingerprint density at radius 1 is 0.917 bits per heavy atom. The molecule has 3 amide bonds. The van der Waals surface area contributed by atoms with Crippen molar-refractivity contribution >= 4 is 28.6 Å². The van der Waals surface area contributed by atoms with Gasteiger partial charge in [-0.2, -0.15) is 4.98 Å². The van der Waals surface area contributed by atoms with Crippen LogP contribution in [0.4, 0.5) is 4.39 Å². The highest BCUT2D eigenvalue weighted by atomic mass is 19.1. The summed E-state index contributed by atoms with van der Waals surface area (Å²) in [7, 11) is 0. The van der Waals surface area contributed by atoms with Gasteiger partial charge in [0.2, 0.25) is 0 Å². The smallest absolute Gasteiger partial charge is 0.346 e. The van der Waals surface area contributed by atoms with E-state index in [1.54, 1.807) is 60.8 Å². The number of pyridine rings is 1. The van der Waals surface area contributed by atoms with Gasteiger partial charge in [0.1, 0.15) is 29.1 Å². The molecule has 6 bridgehead atoms. The minimum Gasteiger partial charge on any atom is -0.488 e. The molecule has 2 aromatic heterocycles. The first kappa shape index (κ1) is 30.5. The molecule has 242 valence electrons. The van der Waals surface area contributed by atoms with Gasteiger partial charge in [0.25, 0.3) is 17.7 Å². The fraction of sp³-hybridized carbons (Fsp3) is 0.200. The second kappa shape index (κ2) is 12.9. The molecule has 0 unspecified atom stereocenters. The van der Waals surface area contributed by atoms with Crippen molar-refractivity contribution in [3.63, 3.8) is 0 Å². The lowest BCUT2D eigenvalue weighted by molar-refractivity contribution is -0.123. The average Bonchev–Trinajstić information content (AvgIpc) is 3.09. The number of rotatable bonds is 1. The Kier molecular flexibility index (Phi) is 8.24. The number of piperidine rings is 1. The number of nitrogens with zero attached hydrogens (tertiary/aromatic N) is 3. The number of para-hydroxylation sites is 1. The number of carbonyl (C=O) groups excluding carboxylic acids is 3. The van der Waals surface area contributed by atoms with Gasteiger partial charge in [-0.15, -0.1) is 0 Å². The van der Waals surface area contributed by atoms with Crippen LogP contribution in [0.3, 0.4) is 0 Å². The van der Waals surface area contributed by atoms with E-state index in [-0.39, 0.29) is 49.7 Å². The molecule has 0 spiro atoms. The van der Waals surface area contributed by atoms with Crippen LogP contribution in [-0.4, -0.2) is 69.4 Å². The summed E-state index contributed by atoms with van der Waals surface area (Å²) in [5.74, 6) is -1.27. The number of carbonyl (C=O) groups is 3. The van der Waals surface area contributed by atoms with Gasteiger partial charge in [-0.25, -0.2) is 9.18 Å². The molecule has 0 aliphatic carbocycles. The topological polar surface area (TPSA) is 156 Å². The molecule has 13 heteroatoms. The first-order valence-electron chi connectivity index (χ1n) is 15.3. The number of hydrogen-bond acceptors (Lipinski definition) is 8. The Morgan fingerprint density at radius 2 is 1.77 bits per heavy atom. The third kappa shape index (κ3) is 6.56. The number of fused-ring (bicyclic) bond motifs is 9. The van der Waals surface area contributed by atoms with Gasteiger partial charge in [-0.3, -0.25) is 19.4 Å². The van der Waals surface area contributed by atoms with E-state index in [4.69, 9.17) is 9.47 Å². The minimum atomic E-state index is -0.752. The number of likely N-dealkylation sites (tertiary alicyclic amines) is 1. The average molecular weight is 649 g/mol. The molecule has 1 saturated heterocycles. The second-order valence-corrected chi connectivity index (χ2v) is 11.6. The summed E-state index contributed by atoms with van der Waals surface area (Å²) in [5.41, 5.74) is 1.89. The van der Waals surface area contributed by atoms with Gasteiger partial charge in [0.05, 0.1) is 17.1 Å². The van der Waals surface area contributed by atoms with Gasteiger partial charge in [0, 0.05) is 55.5 Å². The summed E-state index contributed by atoms with van der Waals surface area (Å²) >= 11 is 0. The van der Waals surface area contributed by atoms with Crippen molar-refractivity contribution in [3.8, 4) is 22.6 Å². The number of ether oxygens (including phenoxy) is 2. The number of amides is 3. The van der Waals surface area contributed by atoms with E-state index in [9.17, 15) is 23.6 Å². The van der Waals surface area contributed by atoms with Crippen molar-refractivity contribution in [1.29, 1.82) is 0 Å². The molecule has 4 heterocycles. The Bertz CT molecular complexity index is 2120. The first-order chi connectivity index (χ1) is 23.3. The third-order valence-electron chi connectivity index (χ3n) is 8.24. The number of hydrogen-bond donors (Lipinski definition) is 3. The monoisotopic (exact) mass is 648 g/mol. The van der Waals surface area contributed by atoms with Crippen molar-refractivity contribution in [1.82, 2.24) is 30.5 Å². The minimum absolute atomic E-state index is 0.00363. The van der Waals surface area contributed by atoms with Crippen LogP contribution in [-0.2, 0) is 11.3 Å². The quantitative estimate of drug-likeness (QED) is 0.250. The van der Waals surface area contributed by atoms with Crippen molar-refractivity contribution in [2.24, 2.45) is 0 Å². The largest absolute Gasteiger partial charge is 0.488 e. The number of aromatic amines is 1.